The summed E-state index contributed by atoms with van der Waals surface area (Å²) in [5.41, 5.74) is 0. The normalized spacial score (nSPS) is 32.8. The number of rotatable bonds is 4. The van der Waals surface area contributed by atoms with Crippen LogP contribution in [0.2, 0.25) is 18.1 Å². The van der Waals surface area contributed by atoms with Gasteiger partial charge in [-0.25, -0.2) is 0 Å². The summed E-state index contributed by atoms with van der Waals surface area (Å²) in [6.07, 6.45) is 5.38. The first-order valence-corrected chi connectivity index (χ1v) is 10.7. The molecule has 2 heterocycles. The standard InChI is InChI=1S/C15H31NO2Si/c1-15(2,3)19(4,5)18-14-10-12-6-7-13(11-14)16(12)8-9-17/h12-14,17H,6-11H2,1-5H3. The van der Waals surface area contributed by atoms with Crippen molar-refractivity contribution >= 4 is 8.32 Å². The molecule has 0 radical (unpaired) electrons. The Morgan fingerprint density at radius 3 is 2.11 bits per heavy atom. The van der Waals surface area contributed by atoms with E-state index in [-0.39, 0.29) is 0 Å². The molecule has 4 heteroatoms. The average molecular weight is 286 g/mol. The SMILES string of the molecule is CC(C)(C)[Si](C)(C)OC1CC2CCC(C1)N2CCO. The minimum Gasteiger partial charge on any atom is -0.414 e. The van der Waals surface area contributed by atoms with Crippen LogP contribution in [-0.2, 0) is 4.43 Å². The third-order valence-corrected chi connectivity index (χ3v) is 10.0. The van der Waals surface area contributed by atoms with Crippen LogP contribution in [-0.4, -0.2) is 49.7 Å². The zero-order valence-corrected chi connectivity index (χ0v) is 14.3. The molecule has 0 saturated carbocycles. The van der Waals surface area contributed by atoms with Gasteiger partial charge in [-0.3, -0.25) is 4.90 Å². The molecule has 19 heavy (non-hydrogen) atoms. The van der Waals surface area contributed by atoms with Crippen LogP contribution < -0.4 is 0 Å². The van der Waals surface area contributed by atoms with Crippen molar-refractivity contribution in [2.45, 2.75) is 82.8 Å². The van der Waals surface area contributed by atoms with Crippen LogP contribution in [0.15, 0.2) is 0 Å². The molecule has 112 valence electrons. The van der Waals surface area contributed by atoms with Crippen LogP contribution in [0.5, 0.6) is 0 Å². The molecule has 0 aromatic heterocycles. The van der Waals surface area contributed by atoms with E-state index in [1.54, 1.807) is 0 Å². The molecule has 2 bridgehead atoms. The van der Waals surface area contributed by atoms with E-state index in [0.29, 0.717) is 29.8 Å². The highest BCUT2D eigenvalue weighted by molar-refractivity contribution is 6.74. The molecule has 0 aliphatic carbocycles. The number of hydrogen-bond donors (Lipinski definition) is 1. The Bertz CT molecular complexity index is 300. The maximum atomic E-state index is 9.17. The van der Waals surface area contributed by atoms with E-state index in [0.717, 1.165) is 6.54 Å². The first kappa shape index (κ1) is 15.5. The molecule has 0 amide bonds. The lowest BCUT2D eigenvalue weighted by atomic mass is 10.0. The van der Waals surface area contributed by atoms with Gasteiger partial charge in [-0.05, 0) is 43.8 Å². The third kappa shape index (κ3) is 3.23. The highest BCUT2D eigenvalue weighted by Gasteiger charge is 2.45. The molecule has 0 spiro atoms. The summed E-state index contributed by atoms with van der Waals surface area (Å²) in [5.74, 6) is 0. The molecule has 2 atom stereocenters. The largest absolute Gasteiger partial charge is 0.414 e. The topological polar surface area (TPSA) is 32.7 Å². The second-order valence-electron chi connectivity index (χ2n) is 7.82. The van der Waals surface area contributed by atoms with Gasteiger partial charge in [-0.15, -0.1) is 0 Å². The lowest BCUT2D eigenvalue weighted by Gasteiger charge is -2.44. The van der Waals surface area contributed by atoms with Gasteiger partial charge in [-0.2, -0.15) is 0 Å². The van der Waals surface area contributed by atoms with Gasteiger partial charge in [0.25, 0.3) is 0 Å². The van der Waals surface area contributed by atoms with Gasteiger partial charge in [0, 0.05) is 24.7 Å². The summed E-state index contributed by atoms with van der Waals surface area (Å²) < 4.78 is 6.60. The number of piperidine rings is 1. The van der Waals surface area contributed by atoms with Gasteiger partial charge < -0.3 is 9.53 Å². The minimum absolute atomic E-state index is 0.292. The predicted molar refractivity (Wildman–Crippen MR) is 81.9 cm³/mol. The summed E-state index contributed by atoms with van der Waals surface area (Å²) in [6, 6.07) is 1.31. The van der Waals surface area contributed by atoms with Gasteiger partial charge in [0.1, 0.15) is 0 Å². The zero-order chi connectivity index (χ0) is 14.3. The summed E-state index contributed by atoms with van der Waals surface area (Å²) in [5, 5.41) is 9.47. The second-order valence-corrected chi connectivity index (χ2v) is 12.6. The Morgan fingerprint density at radius 1 is 1.16 bits per heavy atom. The summed E-state index contributed by atoms with van der Waals surface area (Å²) >= 11 is 0. The van der Waals surface area contributed by atoms with E-state index in [4.69, 9.17) is 4.43 Å². The predicted octanol–water partition coefficient (Wildman–Crippen LogP) is 3.00. The van der Waals surface area contributed by atoms with Crippen molar-refractivity contribution in [1.82, 2.24) is 4.90 Å². The fourth-order valence-corrected chi connectivity index (χ4v) is 4.77. The summed E-state index contributed by atoms with van der Waals surface area (Å²) in [7, 11) is -1.63. The van der Waals surface area contributed by atoms with Crippen LogP contribution in [0.4, 0.5) is 0 Å². The molecular formula is C15H31NO2Si. The molecule has 2 aliphatic rings. The van der Waals surface area contributed by atoms with E-state index < -0.39 is 8.32 Å². The molecule has 2 aliphatic heterocycles. The monoisotopic (exact) mass is 285 g/mol. The average Bonchev–Trinajstić information content (AvgIpc) is 2.52. The number of fused-ring (bicyclic) bond motifs is 2. The molecule has 3 nitrogen and oxygen atoms in total. The number of nitrogens with zero attached hydrogens (tertiary/aromatic N) is 1. The van der Waals surface area contributed by atoms with E-state index >= 15 is 0 Å². The molecular weight excluding hydrogens is 254 g/mol. The van der Waals surface area contributed by atoms with Crippen LogP contribution in [0.25, 0.3) is 0 Å². The number of aliphatic hydroxyl groups is 1. The van der Waals surface area contributed by atoms with E-state index in [9.17, 15) is 5.11 Å². The molecule has 2 saturated heterocycles. The van der Waals surface area contributed by atoms with Crippen molar-refractivity contribution in [3.8, 4) is 0 Å². The third-order valence-electron chi connectivity index (χ3n) is 5.47. The quantitative estimate of drug-likeness (QED) is 0.806. The molecule has 0 aromatic rings. The molecule has 0 aromatic carbocycles. The van der Waals surface area contributed by atoms with Crippen LogP contribution in [0.3, 0.4) is 0 Å². The Kier molecular flexibility index (Phi) is 4.46. The first-order chi connectivity index (χ1) is 8.74. The zero-order valence-electron chi connectivity index (χ0n) is 13.3. The van der Waals surface area contributed by atoms with Gasteiger partial charge in [0.15, 0.2) is 8.32 Å². The maximum Gasteiger partial charge on any atom is 0.192 e. The Labute approximate surface area is 119 Å². The smallest absolute Gasteiger partial charge is 0.192 e. The number of hydrogen-bond acceptors (Lipinski definition) is 3. The van der Waals surface area contributed by atoms with Gasteiger partial charge >= 0.3 is 0 Å². The lowest BCUT2D eigenvalue weighted by molar-refractivity contribution is 0.0326. The molecule has 1 N–H and O–H groups in total. The highest BCUT2D eigenvalue weighted by Crippen LogP contribution is 2.42. The van der Waals surface area contributed by atoms with Gasteiger partial charge in [0.2, 0.25) is 0 Å². The van der Waals surface area contributed by atoms with Crippen molar-refractivity contribution in [1.29, 1.82) is 0 Å². The number of aliphatic hydroxyl groups excluding tert-OH is 1. The van der Waals surface area contributed by atoms with Crippen molar-refractivity contribution < 1.29 is 9.53 Å². The Morgan fingerprint density at radius 2 is 1.68 bits per heavy atom. The van der Waals surface area contributed by atoms with E-state index in [2.05, 4.69) is 38.8 Å². The van der Waals surface area contributed by atoms with Crippen LogP contribution >= 0.6 is 0 Å². The van der Waals surface area contributed by atoms with Crippen LogP contribution in [0.1, 0.15) is 46.5 Å². The molecule has 2 unspecified atom stereocenters. The second kappa shape index (κ2) is 5.47. The maximum absolute atomic E-state index is 9.17. The molecule has 2 rings (SSSR count). The Hall–Kier alpha value is 0.0969. The summed E-state index contributed by atoms with van der Waals surface area (Å²) in [4.78, 5) is 2.52. The minimum atomic E-state index is -1.63. The summed E-state index contributed by atoms with van der Waals surface area (Å²) in [6.45, 7) is 12.8. The Balaban J connectivity index is 1.96. The van der Waals surface area contributed by atoms with Crippen molar-refractivity contribution in [2.75, 3.05) is 13.2 Å². The van der Waals surface area contributed by atoms with E-state index in [1.165, 1.54) is 25.7 Å². The fourth-order valence-electron chi connectivity index (χ4n) is 3.39. The molecule has 2 fully saturated rings. The fraction of sp³-hybridized carbons (Fsp3) is 1.00. The van der Waals surface area contributed by atoms with Crippen LogP contribution in [0, 0.1) is 0 Å². The van der Waals surface area contributed by atoms with Gasteiger partial charge in [-0.1, -0.05) is 20.8 Å². The van der Waals surface area contributed by atoms with Crippen molar-refractivity contribution in [3.05, 3.63) is 0 Å². The van der Waals surface area contributed by atoms with Crippen molar-refractivity contribution in [3.63, 3.8) is 0 Å². The lowest BCUT2D eigenvalue weighted by Crippen LogP contribution is -2.51. The highest BCUT2D eigenvalue weighted by atomic mass is 28.4. The van der Waals surface area contributed by atoms with Crippen molar-refractivity contribution in [2.24, 2.45) is 0 Å². The van der Waals surface area contributed by atoms with E-state index in [1.807, 2.05) is 0 Å². The first-order valence-electron chi connectivity index (χ1n) is 7.79. The van der Waals surface area contributed by atoms with Gasteiger partial charge in [0.05, 0.1) is 6.61 Å².